The maximum Gasteiger partial charge on any atom is 0.490 e. The fourth-order valence-electron chi connectivity index (χ4n) is 4.70. The van der Waals surface area contributed by atoms with Crippen LogP contribution in [-0.2, 0) is 16.1 Å². The topological polar surface area (TPSA) is 118 Å². The van der Waals surface area contributed by atoms with E-state index in [-0.39, 0.29) is 13.0 Å². The number of halogens is 3. The van der Waals surface area contributed by atoms with E-state index in [1.165, 1.54) is 10.7 Å². The molecule has 4 aromatic heterocycles. The monoisotopic (exact) mass is 595 g/mol. The second kappa shape index (κ2) is 13.0. The number of carbonyl (C=O) groups excluding carboxylic acids is 1. The Balaban J connectivity index is 1.23. The minimum absolute atomic E-state index is 0.000151. The standard InChI is InChI=1S/C29H28F3N7O4/c1-41-23-5-4-22(34-17-23)18-37-7-9-38(10-8-37)26-6-3-20(15-35-26)25-13-24(19-39-27(25)21(14-33)16-36-39)42-11-2-12-43-28(40)29(30,31)32/h3-6,13,15-17,19H,2,7-12,18H2,1H3. The Morgan fingerprint density at radius 2 is 1.84 bits per heavy atom. The van der Waals surface area contributed by atoms with Crippen molar-refractivity contribution in [1.82, 2.24) is 24.5 Å². The second-order valence-corrected chi connectivity index (χ2v) is 9.75. The molecular weight excluding hydrogens is 567 g/mol. The minimum Gasteiger partial charge on any atom is -0.495 e. The van der Waals surface area contributed by atoms with Gasteiger partial charge in [-0.05, 0) is 30.3 Å². The molecule has 1 aliphatic heterocycles. The van der Waals surface area contributed by atoms with Gasteiger partial charge in [-0.15, -0.1) is 0 Å². The predicted octanol–water partition coefficient (Wildman–Crippen LogP) is 3.87. The van der Waals surface area contributed by atoms with Crippen molar-refractivity contribution in [2.45, 2.75) is 19.1 Å². The number of hydrogen-bond acceptors (Lipinski definition) is 10. The average molecular weight is 596 g/mol. The van der Waals surface area contributed by atoms with Crippen LogP contribution in [-0.4, -0.2) is 83.1 Å². The van der Waals surface area contributed by atoms with Crippen molar-refractivity contribution in [2.24, 2.45) is 0 Å². The Morgan fingerprint density at radius 1 is 1.02 bits per heavy atom. The van der Waals surface area contributed by atoms with Crippen molar-refractivity contribution in [1.29, 1.82) is 5.26 Å². The lowest BCUT2D eigenvalue weighted by molar-refractivity contribution is -0.199. The molecule has 0 saturated carbocycles. The molecule has 1 saturated heterocycles. The van der Waals surface area contributed by atoms with Crippen molar-refractivity contribution in [3.63, 3.8) is 0 Å². The summed E-state index contributed by atoms with van der Waals surface area (Å²) in [5.41, 5.74) is 3.32. The summed E-state index contributed by atoms with van der Waals surface area (Å²) in [6.45, 7) is 3.63. The third-order valence-electron chi connectivity index (χ3n) is 6.90. The minimum atomic E-state index is -5.03. The van der Waals surface area contributed by atoms with Crippen molar-refractivity contribution < 1.29 is 32.2 Å². The molecule has 5 rings (SSSR count). The largest absolute Gasteiger partial charge is 0.495 e. The number of fused-ring (bicyclic) bond motifs is 1. The third-order valence-corrected chi connectivity index (χ3v) is 6.90. The molecule has 0 atom stereocenters. The van der Waals surface area contributed by atoms with Gasteiger partial charge in [-0.1, -0.05) is 0 Å². The predicted molar refractivity (Wildman–Crippen MR) is 149 cm³/mol. The van der Waals surface area contributed by atoms with Crippen LogP contribution in [0.1, 0.15) is 17.7 Å². The summed E-state index contributed by atoms with van der Waals surface area (Å²) in [5.74, 6) is -0.298. The number of aromatic nitrogens is 4. The molecule has 0 unspecified atom stereocenters. The highest BCUT2D eigenvalue weighted by molar-refractivity contribution is 5.85. The van der Waals surface area contributed by atoms with Gasteiger partial charge in [0, 0.05) is 56.5 Å². The number of esters is 1. The van der Waals surface area contributed by atoms with Crippen LogP contribution >= 0.6 is 0 Å². The van der Waals surface area contributed by atoms with E-state index in [1.807, 2.05) is 24.3 Å². The summed E-state index contributed by atoms with van der Waals surface area (Å²) in [6.07, 6.45) is 1.49. The van der Waals surface area contributed by atoms with Crippen LogP contribution in [0.4, 0.5) is 19.0 Å². The summed E-state index contributed by atoms with van der Waals surface area (Å²) in [5, 5.41) is 13.9. The fraction of sp³-hybridized carbons (Fsp3) is 0.345. The van der Waals surface area contributed by atoms with Gasteiger partial charge in [0.05, 0.1) is 55.7 Å². The van der Waals surface area contributed by atoms with Crippen LogP contribution < -0.4 is 14.4 Å². The van der Waals surface area contributed by atoms with Crippen molar-refractivity contribution in [3.8, 4) is 28.7 Å². The highest BCUT2D eigenvalue weighted by Gasteiger charge is 2.40. The normalized spacial score (nSPS) is 14.0. The molecule has 0 bridgehead atoms. The molecule has 0 spiro atoms. The first-order chi connectivity index (χ1) is 20.7. The maximum atomic E-state index is 12.3. The van der Waals surface area contributed by atoms with Crippen LogP contribution in [0.5, 0.6) is 11.5 Å². The van der Waals surface area contributed by atoms with Gasteiger partial charge in [0.15, 0.2) is 0 Å². The highest BCUT2D eigenvalue weighted by atomic mass is 19.4. The summed E-state index contributed by atoms with van der Waals surface area (Å²) in [7, 11) is 1.62. The molecule has 0 N–H and O–H groups in total. The quantitative estimate of drug-likeness (QED) is 0.198. The Labute approximate surface area is 245 Å². The Hall–Kier alpha value is -4.90. The van der Waals surface area contributed by atoms with Crippen LogP contribution in [0.15, 0.2) is 55.1 Å². The van der Waals surface area contributed by atoms with Crippen LogP contribution in [0.3, 0.4) is 0 Å². The first-order valence-electron chi connectivity index (χ1n) is 13.5. The number of piperazine rings is 1. The van der Waals surface area contributed by atoms with Gasteiger partial charge in [0.2, 0.25) is 0 Å². The number of pyridine rings is 3. The molecule has 5 heterocycles. The molecular formula is C29H28F3N7O4. The molecule has 0 aromatic carbocycles. The molecule has 0 radical (unpaired) electrons. The average Bonchev–Trinajstić information content (AvgIpc) is 3.44. The zero-order valence-corrected chi connectivity index (χ0v) is 23.3. The number of rotatable bonds is 10. The van der Waals surface area contributed by atoms with E-state index in [4.69, 9.17) is 14.5 Å². The molecule has 0 aliphatic carbocycles. The number of methoxy groups -OCH3 is 1. The highest BCUT2D eigenvalue weighted by Crippen LogP contribution is 2.31. The van der Waals surface area contributed by atoms with E-state index in [2.05, 4.69) is 30.7 Å². The number of ether oxygens (including phenoxy) is 3. The fourth-order valence-corrected chi connectivity index (χ4v) is 4.70. The van der Waals surface area contributed by atoms with Gasteiger partial charge >= 0.3 is 12.1 Å². The molecule has 4 aromatic rings. The van der Waals surface area contributed by atoms with E-state index >= 15 is 0 Å². The Kier molecular flexibility index (Phi) is 8.91. The van der Waals surface area contributed by atoms with E-state index < -0.39 is 18.8 Å². The molecule has 0 amide bonds. The molecule has 1 fully saturated rings. The van der Waals surface area contributed by atoms with Gasteiger partial charge in [-0.2, -0.15) is 23.5 Å². The van der Waals surface area contributed by atoms with Crippen LogP contribution in [0, 0.1) is 11.3 Å². The smallest absolute Gasteiger partial charge is 0.490 e. The second-order valence-electron chi connectivity index (χ2n) is 9.75. The van der Waals surface area contributed by atoms with Crippen LogP contribution in [0.2, 0.25) is 0 Å². The number of hydrogen-bond donors (Lipinski definition) is 0. The zero-order chi connectivity index (χ0) is 30.4. The first kappa shape index (κ1) is 29.6. The SMILES string of the molecule is COc1ccc(CN2CCN(c3ccc(-c4cc(OCCCOC(=O)C(F)(F)F)cn5ncc(C#N)c45)cn3)CC2)nc1. The zero-order valence-electron chi connectivity index (χ0n) is 23.3. The lowest BCUT2D eigenvalue weighted by Gasteiger charge is -2.35. The summed E-state index contributed by atoms with van der Waals surface area (Å²) in [4.78, 5) is 24.6. The summed E-state index contributed by atoms with van der Waals surface area (Å²) in [6, 6.07) is 11.6. The third kappa shape index (κ3) is 7.12. The van der Waals surface area contributed by atoms with Gasteiger partial charge < -0.3 is 19.1 Å². The van der Waals surface area contributed by atoms with E-state index in [0.717, 1.165) is 55.5 Å². The van der Waals surface area contributed by atoms with Gasteiger partial charge in [0.25, 0.3) is 0 Å². The van der Waals surface area contributed by atoms with Crippen molar-refractivity contribution in [3.05, 3.63) is 66.4 Å². The van der Waals surface area contributed by atoms with E-state index in [1.54, 1.807) is 31.8 Å². The van der Waals surface area contributed by atoms with Gasteiger partial charge in [-0.3, -0.25) is 9.88 Å². The number of nitrogens with zero attached hydrogens (tertiary/aromatic N) is 7. The lowest BCUT2D eigenvalue weighted by Crippen LogP contribution is -2.46. The molecule has 11 nitrogen and oxygen atoms in total. The maximum absolute atomic E-state index is 12.3. The number of alkyl halides is 3. The number of carbonyl (C=O) groups is 1. The first-order valence-corrected chi connectivity index (χ1v) is 13.5. The number of nitriles is 1. The molecule has 224 valence electrons. The molecule has 43 heavy (non-hydrogen) atoms. The van der Waals surface area contributed by atoms with Crippen molar-refractivity contribution in [2.75, 3.05) is 51.4 Å². The summed E-state index contributed by atoms with van der Waals surface area (Å²) < 4.78 is 53.5. The summed E-state index contributed by atoms with van der Waals surface area (Å²) >= 11 is 0. The van der Waals surface area contributed by atoms with E-state index in [0.29, 0.717) is 22.4 Å². The molecule has 14 heteroatoms. The lowest BCUT2D eigenvalue weighted by atomic mass is 10.1. The van der Waals surface area contributed by atoms with E-state index in [9.17, 15) is 23.2 Å². The van der Waals surface area contributed by atoms with Crippen molar-refractivity contribution >= 4 is 17.3 Å². The number of anilines is 1. The van der Waals surface area contributed by atoms with Gasteiger partial charge in [0.1, 0.15) is 23.4 Å². The molecule has 1 aliphatic rings. The Morgan fingerprint density at radius 3 is 2.49 bits per heavy atom. The van der Waals surface area contributed by atoms with Crippen LogP contribution in [0.25, 0.3) is 16.6 Å². The Bertz CT molecular complexity index is 1590. The van der Waals surface area contributed by atoms with Gasteiger partial charge in [-0.25, -0.2) is 14.3 Å².